The molecule has 0 atom stereocenters. The third kappa shape index (κ3) is 4.84. The van der Waals surface area contributed by atoms with E-state index in [1.54, 1.807) is 26.0 Å². The fraction of sp³-hybridized carbons (Fsp3) is 0.320. The molecule has 0 radical (unpaired) electrons. The third-order valence-electron chi connectivity index (χ3n) is 5.15. The zero-order valence-electron chi connectivity index (χ0n) is 20.1. The minimum atomic E-state index is -0.492. The molecule has 0 aliphatic heterocycles. The zero-order chi connectivity index (χ0) is 24.1. The quantitative estimate of drug-likeness (QED) is 0.467. The van der Waals surface area contributed by atoms with Gasteiger partial charge in [0.1, 0.15) is 5.56 Å². The summed E-state index contributed by atoms with van der Waals surface area (Å²) in [6, 6.07) is 11.4. The van der Waals surface area contributed by atoms with Gasteiger partial charge in [-0.25, -0.2) is 14.8 Å². The van der Waals surface area contributed by atoms with Gasteiger partial charge in [0.05, 0.1) is 39.3 Å². The van der Waals surface area contributed by atoms with E-state index in [9.17, 15) is 4.79 Å². The van der Waals surface area contributed by atoms with Gasteiger partial charge in [-0.1, -0.05) is 0 Å². The monoisotopic (exact) mass is 451 g/mol. The van der Waals surface area contributed by atoms with E-state index in [0.29, 0.717) is 45.6 Å². The lowest BCUT2D eigenvalue weighted by Crippen LogP contribution is -2.13. The molecule has 3 rings (SSSR count). The summed E-state index contributed by atoms with van der Waals surface area (Å²) in [5.74, 6) is 1.36. The van der Waals surface area contributed by atoms with Gasteiger partial charge in [0.2, 0.25) is 5.75 Å². The Bertz CT molecular complexity index is 1120. The van der Waals surface area contributed by atoms with Crippen molar-refractivity contribution in [2.75, 3.05) is 46.9 Å². The molecule has 174 valence electrons. The van der Waals surface area contributed by atoms with E-state index in [2.05, 4.69) is 4.98 Å². The number of hydrogen-bond acceptors (Lipinski definition) is 8. The maximum absolute atomic E-state index is 12.9. The average Bonchev–Trinajstić information content (AvgIpc) is 2.82. The second kappa shape index (κ2) is 10.2. The second-order valence-electron chi connectivity index (χ2n) is 7.43. The number of rotatable bonds is 8. The average molecular weight is 452 g/mol. The van der Waals surface area contributed by atoms with Crippen molar-refractivity contribution in [1.29, 1.82) is 0 Å². The third-order valence-corrected chi connectivity index (χ3v) is 5.15. The molecule has 0 N–H and O–H groups in total. The molecular formula is C25H29N3O5. The van der Waals surface area contributed by atoms with Crippen molar-refractivity contribution in [2.45, 2.75) is 13.8 Å². The van der Waals surface area contributed by atoms with Gasteiger partial charge in [0.25, 0.3) is 0 Å². The minimum Gasteiger partial charge on any atom is -0.493 e. The molecule has 2 aromatic carbocycles. The van der Waals surface area contributed by atoms with Crippen molar-refractivity contribution < 1.29 is 23.7 Å². The van der Waals surface area contributed by atoms with E-state index in [4.69, 9.17) is 23.9 Å². The van der Waals surface area contributed by atoms with Crippen molar-refractivity contribution >= 4 is 11.7 Å². The van der Waals surface area contributed by atoms with Crippen LogP contribution in [-0.2, 0) is 4.74 Å². The Balaban J connectivity index is 2.27. The molecule has 1 aromatic heterocycles. The molecule has 0 amide bonds. The molecule has 8 nitrogen and oxygen atoms in total. The SMILES string of the molecule is CCOC(=O)c1c(C)nc(-c2ccc(N(C)C)cc2)nc1-c1cc(OC)c(OC)c(OC)c1. The molecule has 0 aliphatic carbocycles. The maximum Gasteiger partial charge on any atom is 0.342 e. The van der Waals surface area contributed by atoms with Crippen LogP contribution in [0, 0.1) is 6.92 Å². The van der Waals surface area contributed by atoms with Crippen molar-refractivity contribution in [3.05, 3.63) is 47.7 Å². The summed E-state index contributed by atoms with van der Waals surface area (Å²) in [5, 5.41) is 0. The van der Waals surface area contributed by atoms with Crippen LogP contribution in [0.1, 0.15) is 23.0 Å². The van der Waals surface area contributed by atoms with Gasteiger partial charge in [-0.15, -0.1) is 0 Å². The van der Waals surface area contributed by atoms with Gasteiger partial charge in [-0.2, -0.15) is 0 Å². The summed E-state index contributed by atoms with van der Waals surface area (Å²) >= 11 is 0. The predicted octanol–water partition coefficient (Wildman–Crippen LogP) is 4.39. The lowest BCUT2D eigenvalue weighted by atomic mass is 10.0. The number of aryl methyl sites for hydroxylation is 1. The van der Waals surface area contributed by atoms with E-state index in [0.717, 1.165) is 11.3 Å². The summed E-state index contributed by atoms with van der Waals surface area (Å²) in [7, 11) is 8.57. The van der Waals surface area contributed by atoms with Crippen molar-refractivity contribution in [3.8, 4) is 39.9 Å². The van der Waals surface area contributed by atoms with Crippen molar-refractivity contribution in [1.82, 2.24) is 9.97 Å². The van der Waals surface area contributed by atoms with Gasteiger partial charge < -0.3 is 23.8 Å². The number of ether oxygens (including phenoxy) is 4. The predicted molar refractivity (Wildman–Crippen MR) is 128 cm³/mol. The minimum absolute atomic E-state index is 0.237. The Morgan fingerprint density at radius 1 is 0.909 bits per heavy atom. The number of anilines is 1. The van der Waals surface area contributed by atoms with Crippen LogP contribution in [0.2, 0.25) is 0 Å². The fourth-order valence-electron chi connectivity index (χ4n) is 3.48. The normalized spacial score (nSPS) is 10.5. The van der Waals surface area contributed by atoms with E-state index in [1.165, 1.54) is 21.3 Å². The molecule has 0 saturated carbocycles. The van der Waals surface area contributed by atoms with Gasteiger partial charge >= 0.3 is 5.97 Å². The van der Waals surface area contributed by atoms with Crippen molar-refractivity contribution in [2.24, 2.45) is 0 Å². The molecule has 0 bridgehead atoms. The number of esters is 1. The summed E-state index contributed by atoms with van der Waals surface area (Å²) < 4.78 is 21.7. The number of nitrogens with zero attached hydrogens (tertiary/aromatic N) is 3. The van der Waals surface area contributed by atoms with Gasteiger partial charge in [0.15, 0.2) is 17.3 Å². The topological polar surface area (TPSA) is 83.0 Å². The van der Waals surface area contributed by atoms with E-state index in [-0.39, 0.29) is 6.61 Å². The Kier molecular flexibility index (Phi) is 7.37. The lowest BCUT2D eigenvalue weighted by molar-refractivity contribution is 0.0525. The second-order valence-corrected chi connectivity index (χ2v) is 7.43. The first-order valence-corrected chi connectivity index (χ1v) is 10.5. The van der Waals surface area contributed by atoms with Crippen LogP contribution in [0.25, 0.3) is 22.6 Å². The summed E-state index contributed by atoms with van der Waals surface area (Å²) in [6.45, 7) is 3.77. The largest absolute Gasteiger partial charge is 0.493 e. The fourth-order valence-corrected chi connectivity index (χ4v) is 3.48. The summed E-state index contributed by atoms with van der Waals surface area (Å²) in [5.41, 5.74) is 3.73. The Hall–Kier alpha value is -3.81. The highest BCUT2D eigenvalue weighted by Gasteiger charge is 2.24. The van der Waals surface area contributed by atoms with Gasteiger partial charge in [-0.05, 0) is 50.2 Å². The summed E-state index contributed by atoms with van der Waals surface area (Å²) in [6.07, 6.45) is 0. The molecule has 3 aromatic rings. The Morgan fingerprint density at radius 3 is 2.00 bits per heavy atom. The maximum atomic E-state index is 12.9. The number of hydrogen-bond donors (Lipinski definition) is 0. The Labute approximate surface area is 194 Å². The van der Waals surface area contributed by atoms with Gasteiger partial charge in [-0.3, -0.25) is 0 Å². The summed E-state index contributed by atoms with van der Waals surface area (Å²) in [4.78, 5) is 24.3. The van der Waals surface area contributed by atoms with E-state index < -0.39 is 5.97 Å². The van der Waals surface area contributed by atoms with Crippen LogP contribution in [-0.4, -0.2) is 58.0 Å². The van der Waals surface area contributed by atoms with Crippen LogP contribution < -0.4 is 19.1 Å². The smallest absolute Gasteiger partial charge is 0.342 e. The van der Waals surface area contributed by atoms with Crippen LogP contribution >= 0.6 is 0 Å². The number of benzene rings is 2. The van der Waals surface area contributed by atoms with Crippen LogP contribution in [0.15, 0.2) is 36.4 Å². The van der Waals surface area contributed by atoms with Crippen molar-refractivity contribution in [3.63, 3.8) is 0 Å². The molecule has 8 heteroatoms. The lowest BCUT2D eigenvalue weighted by Gasteiger charge is -2.17. The number of aromatic nitrogens is 2. The first-order valence-electron chi connectivity index (χ1n) is 10.5. The highest BCUT2D eigenvalue weighted by molar-refractivity contribution is 5.98. The number of methoxy groups -OCH3 is 3. The van der Waals surface area contributed by atoms with Gasteiger partial charge in [0, 0.05) is 30.9 Å². The zero-order valence-corrected chi connectivity index (χ0v) is 20.1. The van der Waals surface area contributed by atoms with Crippen LogP contribution in [0.4, 0.5) is 5.69 Å². The first kappa shape index (κ1) is 23.8. The van der Waals surface area contributed by atoms with E-state index in [1.807, 2.05) is 43.3 Å². The standard InChI is InChI=1S/C25H29N3O5/c1-8-33-25(29)21-15(2)26-24(16-9-11-18(12-10-16)28(3)4)27-22(21)17-13-19(30-5)23(32-7)20(14-17)31-6/h9-14H,8H2,1-7H3. The van der Waals surface area contributed by atoms with E-state index >= 15 is 0 Å². The molecule has 1 heterocycles. The van der Waals surface area contributed by atoms with Crippen LogP contribution in [0.3, 0.4) is 0 Å². The molecule has 0 unspecified atom stereocenters. The first-order chi connectivity index (χ1) is 15.8. The molecular weight excluding hydrogens is 422 g/mol. The molecule has 33 heavy (non-hydrogen) atoms. The molecule has 0 spiro atoms. The van der Waals surface area contributed by atoms with Crippen LogP contribution in [0.5, 0.6) is 17.2 Å². The molecule has 0 saturated heterocycles. The highest BCUT2D eigenvalue weighted by atomic mass is 16.5. The molecule has 0 aliphatic rings. The molecule has 0 fully saturated rings. The highest BCUT2D eigenvalue weighted by Crippen LogP contribution is 2.42. The Morgan fingerprint density at radius 2 is 1.52 bits per heavy atom. The number of carbonyl (C=O) groups excluding carboxylic acids is 1. The number of carbonyl (C=O) groups is 1.